The number of Topliss-reactive ketones (excluding diaryl/α,β-unsaturated/α-hetero) is 1. The number of carbonyl (C=O) groups excluding carboxylic acids is 4. The van der Waals surface area contributed by atoms with E-state index in [1.807, 2.05) is 6.07 Å². The molecule has 0 radical (unpaired) electrons. The van der Waals surface area contributed by atoms with E-state index in [1.54, 1.807) is 94.7 Å². The number of rotatable bonds is 9. The average molecular weight is 555 g/mol. The fourth-order valence-electron chi connectivity index (χ4n) is 3.68. The number of carbonyl (C=O) groups is 4. The highest BCUT2D eigenvalue weighted by molar-refractivity contribution is 6.42. The third-order valence-electron chi connectivity index (χ3n) is 5.81. The molecule has 0 unspecified atom stereocenters. The van der Waals surface area contributed by atoms with Crippen LogP contribution >= 0.6 is 23.2 Å². The molecule has 3 aromatic carbocycles. The molecule has 0 N–H and O–H groups in total. The summed E-state index contributed by atoms with van der Waals surface area (Å²) in [7, 11) is 3.28. The van der Waals surface area contributed by atoms with Gasteiger partial charge >= 0.3 is 5.97 Å². The molecule has 0 saturated heterocycles. The lowest BCUT2D eigenvalue weighted by atomic mass is 9.98. The first kappa shape index (κ1) is 28.9. The van der Waals surface area contributed by atoms with Crippen LogP contribution in [-0.4, -0.2) is 42.6 Å². The predicted molar refractivity (Wildman–Crippen MR) is 147 cm³/mol. The van der Waals surface area contributed by atoms with Crippen LogP contribution in [0.2, 0.25) is 10.0 Å². The molecule has 0 atom stereocenters. The number of nitrogens with zero attached hydrogens (tertiary/aromatic N) is 2. The van der Waals surface area contributed by atoms with E-state index < -0.39 is 29.7 Å². The lowest BCUT2D eigenvalue weighted by Gasteiger charge is -2.26. The minimum Gasteiger partial charge on any atom is -0.449 e. The molecule has 0 aromatic heterocycles. The van der Waals surface area contributed by atoms with E-state index in [2.05, 4.69) is 0 Å². The Morgan fingerprint density at radius 1 is 0.842 bits per heavy atom. The monoisotopic (exact) mass is 554 g/mol. The summed E-state index contributed by atoms with van der Waals surface area (Å²) in [6, 6.07) is 20.3. The predicted octanol–water partition coefficient (Wildman–Crippen LogP) is 5.67. The largest absolute Gasteiger partial charge is 0.449 e. The van der Waals surface area contributed by atoms with Gasteiger partial charge in [0.1, 0.15) is 5.60 Å². The van der Waals surface area contributed by atoms with Crippen LogP contribution in [0.25, 0.3) is 0 Å². The number of hydrogen-bond donors (Lipinski definition) is 0. The first-order valence-electron chi connectivity index (χ1n) is 11.8. The van der Waals surface area contributed by atoms with Gasteiger partial charge in [-0.2, -0.15) is 0 Å². The Balaban J connectivity index is 1.82. The maximum atomic E-state index is 13.3. The zero-order valence-corrected chi connectivity index (χ0v) is 23.0. The third-order valence-corrected chi connectivity index (χ3v) is 6.55. The van der Waals surface area contributed by atoms with Gasteiger partial charge in [0, 0.05) is 25.3 Å². The molecular formula is C29H28Cl2N2O5. The van der Waals surface area contributed by atoms with Gasteiger partial charge in [-0.25, -0.2) is 4.79 Å². The molecule has 3 aromatic rings. The van der Waals surface area contributed by atoms with Gasteiger partial charge < -0.3 is 14.5 Å². The smallest absolute Gasteiger partial charge is 0.376 e. The molecule has 0 aliphatic heterocycles. The van der Waals surface area contributed by atoms with Crippen molar-refractivity contribution in [3.63, 3.8) is 0 Å². The maximum Gasteiger partial charge on any atom is 0.376 e. The number of esters is 1. The Morgan fingerprint density at radius 3 is 2.05 bits per heavy atom. The average Bonchev–Trinajstić information content (AvgIpc) is 2.89. The second-order valence-electron chi connectivity index (χ2n) is 9.34. The summed E-state index contributed by atoms with van der Waals surface area (Å²) < 4.78 is 5.45. The lowest BCUT2D eigenvalue weighted by Crippen LogP contribution is -2.36. The third kappa shape index (κ3) is 7.21. The first-order chi connectivity index (χ1) is 17.9. The lowest BCUT2D eigenvalue weighted by molar-refractivity contribution is -0.165. The summed E-state index contributed by atoms with van der Waals surface area (Å²) in [5.74, 6) is -2.90. The summed E-state index contributed by atoms with van der Waals surface area (Å²) in [5, 5.41) is 0.671. The van der Waals surface area contributed by atoms with E-state index in [1.165, 1.54) is 9.80 Å². The van der Waals surface area contributed by atoms with Gasteiger partial charge in [-0.3, -0.25) is 14.4 Å². The van der Waals surface area contributed by atoms with Crippen LogP contribution in [0, 0.1) is 0 Å². The highest BCUT2D eigenvalue weighted by Crippen LogP contribution is 2.27. The number of hydrogen-bond acceptors (Lipinski definition) is 5. The molecule has 2 amide bonds. The molecule has 3 rings (SSSR count). The van der Waals surface area contributed by atoms with E-state index in [9.17, 15) is 19.2 Å². The molecule has 198 valence electrons. The molecule has 7 nitrogen and oxygen atoms in total. The van der Waals surface area contributed by atoms with Crippen LogP contribution in [0.3, 0.4) is 0 Å². The molecule has 9 heteroatoms. The van der Waals surface area contributed by atoms with E-state index in [-0.39, 0.29) is 12.5 Å². The molecule has 38 heavy (non-hydrogen) atoms. The van der Waals surface area contributed by atoms with Gasteiger partial charge in [-0.1, -0.05) is 59.6 Å². The van der Waals surface area contributed by atoms with Crippen molar-refractivity contribution < 1.29 is 23.9 Å². The molecule has 0 spiro atoms. The number of halogens is 2. The molecular weight excluding hydrogens is 527 g/mol. The number of benzene rings is 3. The second kappa shape index (κ2) is 12.2. The van der Waals surface area contributed by atoms with E-state index in [4.69, 9.17) is 27.9 Å². The Hall–Kier alpha value is -3.68. The molecule has 0 aliphatic rings. The summed E-state index contributed by atoms with van der Waals surface area (Å²) >= 11 is 12.2. The maximum absolute atomic E-state index is 13.3. The van der Waals surface area contributed by atoms with Crippen molar-refractivity contribution in [1.82, 2.24) is 4.90 Å². The highest BCUT2D eigenvalue weighted by Gasteiger charge is 2.31. The minimum absolute atomic E-state index is 0.0501. The summed E-state index contributed by atoms with van der Waals surface area (Å²) in [6.07, 6.45) is -0.705. The van der Waals surface area contributed by atoms with E-state index >= 15 is 0 Å². The Kier molecular flexibility index (Phi) is 9.31. The van der Waals surface area contributed by atoms with Gasteiger partial charge in [0.25, 0.3) is 5.91 Å². The Labute approximate surface area is 231 Å². The first-order valence-corrected chi connectivity index (χ1v) is 12.5. The van der Waals surface area contributed by atoms with E-state index in [0.29, 0.717) is 32.4 Å². The standard InChI is InChI=1S/C29H28Cl2N2O5/c1-29(2,21-8-6-5-7-9-21)38-28(37)25(34)17-26(35)33(18-19-10-15-23(30)24(31)16-19)22-13-11-20(12-14-22)27(36)32(3)4/h5-16H,17-18H2,1-4H3. The Morgan fingerprint density at radius 2 is 1.47 bits per heavy atom. The highest BCUT2D eigenvalue weighted by atomic mass is 35.5. The number of anilines is 1. The summed E-state index contributed by atoms with van der Waals surface area (Å²) in [6.45, 7) is 3.39. The van der Waals surface area contributed by atoms with Gasteiger partial charge in [-0.15, -0.1) is 0 Å². The zero-order valence-electron chi connectivity index (χ0n) is 21.5. The Bertz CT molecular complexity index is 1340. The van der Waals surface area contributed by atoms with Crippen LogP contribution in [0.15, 0.2) is 72.8 Å². The summed E-state index contributed by atoms with van der Waals surface area (Å²) in [4.78, 5) is 53.8. The quantitative estimate of drug-likeness (QED) is 0.193. The molecule has 0 saturated carbocycles. The number of amides is 2. The van der Waals surface area contributed by atoms with Crippen molar-refractivity contribution in [2.75, 3.05) is 19.0 Å². The van der Waals surface area contributed by atoms with Gasteiger partial charge in [0.05, 0.1) is 23.0 Å². The van der Waals surface area contributed by atoms with Crippen molar-refractivity contribution in [2.24, 2.45) is 0 Å². The topological polar surface area (TPSA) is 84.0 Å². The van der Waals surface area contributed by atoms with Crippen LogP contribution in [0.5, 0.6) is 0 Å². The summed E-state index contributed by atoms with van der Waals surface area (Å²) in [5.41, 5.74) is 1.17. The molecule has 0 heterocycles. The van der Waals surface area contributed by atoms with Crippen LogP contribution in [-0.2, 0) is 31.3 Å². The van der Waals surface area contributed by atoms with Crippen molar-refractivity contribution in [1.29, 1.82) is 0 Å². The van der Waals surface area contributed by atoms with E-state index in [0.717, 1.165) is 0 Å². The fraction of sp³-hybridized carbons (Fsp3) is 0.241. The normalized spacial score (nSPS) is 11.0. The number of ketones is 1. The molecule has 0 fully saturated rings. The zero-order chi connectivity index (χ0) is 28.0. The van der Waals surface area contributed by atoms with Crippen LogP contribution < -0.4 is 4.90 Å². The molecule has 0 bridgehead atoms. The van der Waals surface area contributed by atoms with Crippen molar-refractivity contribution in [3.8, 4) is 0 Å². The number of ether oxygens (including phenoxy) is 1. The fourth-order valence-corrected chi connectivity index (χ4v) is 4.00. The van der Waals surface area contributed by atoms with Crippen molar-refractivity contribution in [3.05, 3.63) is 99.5 Å². The van der Waals surface area contributed by atoms with Crippen LogP contribution in [0.4, 0.5) is 5.69 Å². The van der Waals surface area contributed by atoms with Crippen molar-refractivity contribution >= 4 is 52.5 Å². The second-order valence-corrected chi connectivity index (χ2v) is 10.2. The molecule has 0 aliphatic carbocycles. The van der Waals surface area contributed by atoms with Crippen LogP contribution in [0.1, 0.15) is 41.8 Å². The SMILES string of the molecule is CN(C)C(=O)c1ccc(N(Cc2ccc(Cl)c(Cl)c2)C(=O)CC(=O)C(=O)OC(C)(C)c2ccccc2)cc1. The van der Waals surface area contributed by atoms with Gasteiger partial charge in [0.2, 0.25) is 11.7 Å². The van der Waals surface area contributed by atoms with Gasteiger partial charge in [-0.05, 0) is 61.4 Å². The van der Waals surface area contributed by atoms with Crippen molar-refractivity contribution in [2.45, 2.75) is 32.4 Å². The van der Waals surface area contributed by atoms with Gasteiger partial charge in [0.15, 0.2) is 0 Å². The minimum atomic E-state index is -1.10.